The normalized spacial score (nSPS) is 19.2. The third-order valence-corrected chi connectivity index (χ3v) is 8.81. The van der Waals surface area contributed by atoms with Crippen molar-refractivity contribution in [2.24, 2.45) is 5.92 Å². The van der Waals surface area contributed by atoms with Crippen LogP contribution < -0.4 is 0 Å². The van der Waals surface area contributed by atoms with Crippen molar-refractivity contribution in [3.8, 4) is 0 Å². The Morgan fingerprint density at radius 2 is 1.90 bits per heavy atom. The Hall–Kier alpha value is -3.14. The maximum absolute atomic E-state index is 12.6. The summed E-state index contributed by atoms with van der Waals surface area (Å²) in [5, 5.41) is 0. The van der Waals surface area contributed by atoms with Crippen LogP contribution in [0.3, 0.4) is 0 Å². The fourth-order valence-electron chi connectivity index (χ4n) is 6.59. The summed E-state index contributed by atoms with van der Waals surface area (Å²) in [4.78, 5) is 26.1. The summed E-state index contributed by atoms with van der Waals surface area (Å²) in [6, 6.07) is 11.2. The molecule has 2 heterocycles. The molecular formula is C35H43N3O. The van der Waals surface area contributed by atoms with E-state index in [4.69, 9.17) is 4.98 Å². The molecule has 5 rings (SSSR count). The highest BCUT2D eigenvalue weighted by molar-refractivity contribution is 5.81. The number of aromatic nitrogens is 3. The minimum absolute atomic E-state index is 0.333. The summed E-state index contributed by atoms with van der Waals surface area (Å²) < 4.78 is 0. The lowest BCUT2D eigenvalue weighted by Crippen LogP contribution is -2.14. The van der Waals surface area contributed by atoms with Crippen LogP contribution in [0.5, 0.6) is 0 Å². The van der Waals surface area contributed by atoms with E-state index in [9.17, 15) is 4.79 Å². The molecule has 0 amide bonds. The molecule has 3 aromatic rings. The number of rotatable bonds is 10. The number of aryl methyl sites for hydroxylation is 3. The molecule has 0 atom stereocenters. The van der Waals surface area contributed by atoms with Crippen LogP contribution in [0.2, 0.25) is 0 Å². The zero-order chi connectivity index (χ0) is 26.9. The minimum Gasteiger partial charge on any atom is -0.299 e. The van der Waals surface area contributed by atoms with Crippen molar-refractivity contribution in [1.82, 2.24) is 15.0 Å². The molecule has 1 aromatic carbocycles. The van der Waals surface area contributed by atoms with E-state index in [0.717, 1.165) is 50.0 Å². The van der Waals surface area contributed by atoms with Crippen LogP contribution >= 0.6 is 0 Å². The second-order valence-electron chi connectivity index (χ2n) is 11.6. The first-order valence-electron chi connectivity index (χ1n) is 15.2. The topological polar surface area (TPSA) is 55.7 Å². The van der Waals surface area contributed by atoms with Crippen LogP contribution in [0, 0.1) is 5.92 Å². The first-order chi connectivity index (χ1) is 19.2. The third-order valence-electron chi connectivity index (χ3n) is 8.81. The van der Waals surface area contributed by atoms with Gasteiger partial charge in [-0.05, 0) is 91.5 Å². The van der Waals surface area contributed by atoms with E-state index < -0.39 is 0 Å². The predicted octanol–water partition coefficient (Wildman–Crippen LogP) is 7.82. The van der Waals surface area contributed by atoms with E-state index in [0.29, 0.717) is 24.5 Å². The summed E-state index contributed by atoms with van der Waals surface area (Å²) >= 11 is 0. The van der Waals surface area contributed by atoms with Gasteiger partial charge in [0.1, 0.15) is 12.1 Å². The first kappa shape index (κ1) is 27.4. The van der Waals surface area contributed by atoms with E-state index >= 15 is 0 Å². The Labute approximate surface area is 234 Å². The van der Waals surface area contributed by atoms with Gasteiger partial charge in [-0.2, -0.15) is 0 Å². The Morgan fingerprint density at radius 3 is 2.74 bits per heavy atom. The van der Waals surface area contributed by atoms with E-state index in [-0.39, 0.29) is 0 Å². The average molecular weight is 522 g/mol. The van der Waals surface area contributed by atoms with Crippen molar-refractivity contribution in [1.29, 1.82) is 0 Å². The number of carbonyl (C=O) groups excluding carboxylic acids is 1. The highest BCUT2D eigenvalue weighted by Crippen LogP contribution is 2.35. The molecule has 0 spiro atoms. The van der Waals surface area contributed by atoms with Gasteiger partial charge in [0.25, 0.3) is 0 Å². The minimum atomic E-state index is 0.333. The van der Waals surface area contributed by atoms with E-state index in [1.54, 1.807) is 12.5 Å². The quantitative estimate of drug-likeness (QED) is 0.273. The largest absolute Gasteiger partial charge is 0.299 e. The summed E-state index contributed by atoms with van der Waals surface area (Å²) in [7, 11) is 0. The lowest BCUT2D eigenvalue weighted by molar-refractivity contribution is -0.118. The number of benzene rings is 1. The highest BCUT2D eigenvalue weighted by Gasteiger charge is 2.21. The molecular weight excluding hydrogens is 478 g/mol. The van der Waals surface area contributed by atoms with Gasteiger partial charge in [-0.1, -0.05) is 69.0 Å². The molecule has 39 heavy (non-hydrogen) atoms. The standard InChI is InChI=1S/C35H43N3O/c1-2-28-24-36-20-19-31(28)23-32(39)16-8-12-26-9-7-15-30(21-26)29-13-5-10-27(11-6-14-29)22-35-33-17-3-4-18-34(33)37-25-38-35/h3,7,9,15,17,19-21,24-25,27,29H,2,4-6,8,10-14,16,18,22-23H2,1H3. The molecule has 0 bridgehead atoms. The van der Waals surface area contributed by atoms with Gasteiger partial charge in [0.05, 0.1) is 11.4 Å². The highest BCUT2D eigenvalue weighted by atomic mass is 16.1. The maximum Gasteiger partial charge on any atom is 0.137 e. The summed E-state index contributed by atoms with van der Waals surface area (Å²) in [6.07, 6.45) is 24.9. The number of fused-ring (bicyclic) bond motifs is 1. The Kier molecular flexibility index (Phi) is 9.69. The second kappa shape index (κ2) is 13.8. The molecule has 0 N–H and O–H groups in total. The van der Waals surface area contributed by atoms with Gasteiger partial charge in [-0.25, -0.2) is 9.97 Å². The average Bonchev–Trinajstić information content (AvgIpc) is 2.95. The SMILES string of the molecule is CCc1cnccc1CC(=O)CCCc1cccc(C2CCCC(Cc3ncnc4c3C=CCC4)CCC2)c1. The van der Waals surface area contributed by atoms with Crippen molar-refractivity contribution < 1.29 is 4.79 Å². The molecule has 0 saturated heterocycles. The Morgan fingerprint density at radius 1 is 1.03 bits per heavy atom. The number of Topliss-reactive ketones (excluding diaryl/α,β-unsaturated/α-hetero) is 1. The zero-order valence-electron chi connectivity index (χ0n) is 23.6. The molecule has 0 unspecified atom stereocenters. The molecule has 1 saturated carbocycles. The number of hydrogen-bond donors (Lipinski definition) is 0. The van der Waals surface area contributed by atoms with Crippen molar-refractivity contribution >= 4 is 11.9 Å². The number of pyridine rings is 1. The number of allylic oxidation sites excluding steroid dienone is 1. The molecule has 0 aliphatic heterocycles. The van der Waals surface area contributed by atoms with Crippen molar-refractivity contribution in [3.63, 3.8) is 0 Å². The number of carbonyl (C=O) groups is 1. The van der Waals surface area contributed by atoms with Gasteiger partial charge in [0.15, 0.2) is 0 Å². The van der Waals surface area contributed by atoms with Gasteiger partial charge in [-0.15, -0.1) is 0 Å². The molecule has 2 aliphatic carbocycles. The van der Waals surface area contributed by atoms with Crippen LogP contribution in [0.15, 0.2) is 55.1 Å². The van der Waals surface area contributed by atoms with Crippen LogP contribution in [-0.4, -0.2) is 20.7 Å². The molecule has 2 aliphatic rings. The van der Waals surface area contributed by atoms with Gasteiger partial charge in [-0.3, -0.25) is 9.78 Å². The van der Waals surface area contributed by atoms with Crippen molar-refractivity contribution in [2.45, 2.75) is 103 Å². The van der Waals surface area contributed by atoms with Gasteiger partial charge in [0.2, 0.25) is 0 Å². The summed E-state index contributed by atoms with van der Waals surface area (Å²) in [5.41, 5.74) is 8.99. The molecule has 1 fully saturated rings. The number of hydrogen-bond acceptors (Lipinski definition) is 4. The van der Waals surface area contributed by atoms with E-state index in [2.05, 4.69) is 53.3 Å². The van der Waals surface area contributed by atoms with Crippen molar-refractivity contribution in [2.75, 3.05) is 0 Å². The van der Waals surface area contributed by atoms with Crippen LogP contribution in [0.25, 0.3) is 6.08 Å². The van der Waals surface area contributed by atoms with Crippen LogP contribution in [0.4, 0.5) is 0 Å². The van der Waals surface area contributed by atoms with Gasteiger partial charge < -0.3 is 0 Å². The summed E-state index contributed by atoms with van der Waals surface area (Å²) in [6.45, 7) is 2.12. The smallest absolute Gasteiger partial charge is 0.137 e. The third kappa shape index (κ3) is 7.50. The van der Waals surface area contributed by atoms with E-state index in [1.807, 2.05) is 12.3 Å². The van der Waals surface area contributed by atoms with Crippen LogP contribution in [-0.2, 0) is 36.9 Å². The van der Waals surface area contributed by atoms with Crippen molar-refractivity contribution in [3.05, 3.63) is 94.3 Å². The Bertz CT molecular complexity index is 1270. The molecule has 4 nitrogen and oxygen atoms in total. The first-order valence-corrected chi connectivity index (χ1v) is 15.2. The summed E-state index contributed by atoms with van der Waals surface area (Å²) in [5.74, 6) is 1.71. The van der Waals surface area contributed by atoms with Crippen LogP contribution in [0.1, 0.15) is 110 Å². The van der Waals surface area contributed by atoms with Gasteiger partial charge >= 0.3 is 0 Å². The predicted molar refractivity (Wildman–Crippen MR) is 159 cm³/mol. The molecule has 204 valence electrons. The monoisotopic (exact) mass is 521 g/mol. The lowest BCUT2D eigenvalue weighted by Gasteiger charge is -2.26. The number of ketones is 1. The molecule has 2 aromatic heterocycles. The maximum atomic E-state index is 12.6. The fraction of sp³-hybridized carbons (Fsp3) is 0.486. The second-order valence-corrected chi connectivity index (χ2v) is 11.6. The zero-order valence-corrected chi connectivity index (χ0v) is 23.6. The Balaban J connectivity index is 1.10. The van der Waals surface area contributed by atoms with Gasteiger partial charge in [0, 0.05) is 30.8 Å². The van der Waals surface area contributed by atoms with E-state index in [1.165, 1.54) is 72.2 Å². The molecule has 4 heteroatoms. The molecule has 0 radical (unpaired) electrons. The number of nitrogens with zero attached hydrogens (tertiary/aromatic N) is 3. The lowest BCUT2D eigenvalue weighted by atomic mass is 9.80. The fourth-order valence-corrected chi connectivity index (χ4v) is 6.59.